The summed E-state index contributed by atoms with van der Waals surface area (Å²) in [4.78, 5) is 0. The first-order valence-corrected chi connectivity index (χ1v) is 4.57. The number of aryl methyl sites for hydroxylation is 1. The van der Waals surface area contributed by atoms with Crippen molar-refractivity contribution in [1.29, 1.82) is 0 Å². The van der Waals surface area contributed by atoms with E-state index < -0.39 is 12.0 Å². The van der Waals surface area contributed by atoms with Gasteiger partial charge in [0.25, 0.3) is 5.92 Å². The zero-order chi connectivity index (χ0) is 10.8. The first-order valence-electron chi connectivity index (χ1n) is 4.57. The van der Waals surface area contributed by atoms with Crippen LogP contribution in [0.2, 0.25) is 0 Å². The lowest BCUT2D eigenvalue weighted by molar-refractivity contribution is -0.0171. The topological polar surface area (TPSA) is 12.0 Å². The van der Waals surface area contributed by atoms with Gasteiger partial charge < -0.3 is 5.32 Å². The van der Waals surface area contributed by atoms with Crippen LogP contribution in [-0.2, 0) is 0 Å². The van der Waals surface area contributed by atoms with E-state index in [1.807, 2.05) is 19.1 Å². The molecule has 0 heterocycles. The Morgan fingerprint density at radius 2 is 1.86 bits per heavy atom. The highest BCUT2D eigenvalue weighted by atomic mass is 19.3. The molecule has 0 bridgehead atoms. The van der Waals surface area contributed by atoms with Gasteiger partial charge in [0.1, 0.15) is 0 Å². The zero-order valence-corrected chi connectivity index (χ0v) is 8.64. The molecule has 0 saturated carbocycles. The van der Waals surface area contributed by atoms with Crippen molar-refractivity contribution >= 4 is 0 Å². The van der Waals surface area contributed by atoms with Crippen LogP contribution < -0.4 is 5.32 Å². The summed E-state index contributed by atoms with van der Waals surface area (Å²) in [6.07, 6.45) is 0. The van der Waals surface area contributed by atoms with Crippen molar-refractivity contribution in [3.63, 3.8) is 0 Å². The Morgan fingerprint density at radius 3 is 2.29 bits per heavy atom. The van der Waals surface area contributed by atoms with Gasteiger partial charge in [0.2, 0.25) is 0 Å². The van der Waals surface area contributed by atoms with Gasteiger partial charge in [0.05, 0.1) is 6.04 Å². The van der Waals surface area contributed by atoms with Gasteiger partial charge in [-0.05, 0) is 25.1 Å². The molecule has 1 unspecified atom stereocenters. The smallest absolute Gasteiger partial charge is 0.264 e. The van der Waals surface area contributed by atoms with E-state index in [0.29, 0.717) is 5.56 Å². The number of rotatable bonds is 3. The maximum absolute atomic E-state index is 13.2. The number of alkyl halides is 2. The van der Waals surface area contributed by atoms with E-state index in [1.54, 1.807) is 19.2 Å². The van der Waals surface area contributed by atoms with Gasteiger partial charge >= 0.3 is 0 Å². The van der Waals surface area contributed by atoms with Crippen molar-refractivity contribution in [1.82, 2.24) is 5.32 Å². The third kappa shape index (κ3) is 2.29. The molecule has 1 rings (SSSR count). The van der Waals surface area contributed by atoms with Crippen molar-refractivity contribution in [3.8, 4) is 0 Å². The average molecular weight is 199 g/mol. The minimum absolute atomic E-state index is 0.655. The van der Waals surface area contributed by atoms with Gasteiger partial charge in [-0.1, -0.05) is 24.3 Å². The molecule has 1 N–H and O–H groups in total. The van der Waals surface area contributed by atoms with Crippen LogP contribution >= 0.6 is 0 Å². The summed E-state index contributed by atoms with van der Waals surface area (Å²) >= 11 is 0. The van der Waals surface area contributed by atoms with Crippen LogP contribution in [0.4, 0.5) is 8.78 Å². The summed E-state index contributed by atoms with van der Waals surface area (Å²) in [5, 5.41) is 2.65. The second kappa shape index (κ2) is 4.05. The summed E-state index contributed by atoms with van der Waals surface area (Å²) in [5.41, 5.74) is 1.54. The van der Waals surface area contributed by atoms with E-state index in [0.717, 1.165) is 12.5 Å². The van der Waals surface area contributed by atoms with Crippen LogP contribution in [0.3, 0.4) is 0 Å². The maximum Gasteiger partial charge on any atom is 0.264 e. The third-order valence-corrected chi connectivity index (χ3v) is 2.30. The minimum atomic E-state index is -2.75. The molecule has 0 radical (unpaired) electrons. The van der Waals surface area contributed by atoms with Crippen molar-refractivity contribution in [2.75, 3.05) is 7.05 Å². The first-order chi connectivity index (χ1) is 6.46. The van der Waals surface area contributed by atoms with Crippen molar-refractivity contribution in [2.45, 2.75) is 25.8 Å². The Balaban J connectivity index is 3.08. The van der Waals surface area contributed by atoms with Crippen LogP contribution in [0.25, 0.3) is 0 Å². The number of halogens is 2. The summed E-state index contributed by atoms with van der Waals surface area (Å²) < 4.78 is 26.4. The van der Waals surface area contributed by atoms with E-state index in [2.05, 4.69) is 5.32 Å². The summed E-state index contributed by atoms with van der Waals surface area (Å²) in [6, 6.07) is 6.28. The van der Waals surface area contributed by atoms with Crippen LogP contribution in [0, 0.1) is 6.92 Å². The fourth-order valence-corrected chi connectivity index (χ4v) is 1.59. The van der Waals surface area contributed by atoms with Crippen LogP contribution in [0.15, 0.2) is 24.3 Å². The second-order valence-electron chi connectivity index (χ2n) is 3.53. The first kappa shape index (κ1) is 11.1. The van der Waals surface area contributed by atoms with Gasteiger partial charge in [-0.15, -0.1) is 0 Å². The standard InChI is InChI=1S/C11H15F2N/c1-8-6-4-5-7-9(8)10(14-3)11(2,12)13/h4-7,10,14H,1-3H3. The van der Waals surface area contributed by atoms with E-state index in [-0.39, 0.29) is 0 Å². The highest BCUT2D eigenvalue weighted by molar-refractivity contribution is 5.30. The molecule has 3 heteroatoms. The fourth-order valence-electron chi connectivity index (χ4n) is 1.59. The van der Waals surface area contributed by atoms with Crippen LogP contribution in [0.5, 0.6) is 0 Å². The van der Waals surface area contributed by atoms with Crippen molar-refractivity contribution in [2.24, 2.45) is 0 Å². The molecule has 0 aromatic heterocycles. The molecular weight excluding hydrogens is 184 g/mol. The normalized spacial score (nSPS) is 14.1. The van der Waals surface area contributed by atoms with Crippen LogP contribution in [-0.4, -0.2) is 13.0 Å². The van der Waals surface area contributed by atoms with Gasteiger partial charge in [-0.25, -0.2) is 8.78 Å². The lowest BCUT2D eigenvalue weighted by atomic mass is 9.97. The molecule has 1 aromatic carbocycles. The van der Waals surface area contributed by atoms with E-state index >= 15 is 0 Å². The van der Waals surface area contributed by atoms with Gasteiger partial charge in [-0.2, -0.15) is 0 Å². The Kier molecular flexibility index (Phi) is 3.21. The maximum atomic E-state index is 13.2. The molecule has 14 heavy (non-hydrogen) atoms. The number of benzene rings is 1. The van der Waals surface area contributed by atoms with Crippen LogP contribution in [0.1, 0.15) is 24.1 Å². The molecule has 0 aliphatic carbocycles. The quantitative estimate of drug-likeness (QED) is 0.789. The molecule has 0 amide bonds. The Bertz CT molecular complexity index is 304. The number of hydrogen-bond donors (Lipinski definition) is 1. The van der Waals surface area contributed by atoms with Gasteiger partial charge in [0.15, 0.2) is 0 Å². The van der Waals surface area contributed by atoms with Gasteiger partial charge in [0, 0.05) is 6.92 Å². The van der Waals surface area contributed by atoms with E-state index in [4.69, 9.17) is 0 Å². The summed E-state index contributed by atoms with van der Waals surface area (Å²) in [7, 11) is 1.55. The van der Waals surface area contributed by atoms with E-state index in [9.17, 15) is 8.78 Å². The minimum Gasteiger partial charge on any atom is -0.308 e. The summed E-state index contributed by atoms with van der Waals surface area (Å²) in [5.74, 6) is -2.75. The Labute approximate surface area is 83.1 Å². The molecule has 1 nitrogen and oxygen atoms in total. The zero-order valence-electron chi connectivity index (χ0n) is 8.64. The largest absolute Gasteiger partial charge is 0.308 e. The fraction of sp³-hybridized carbons (Fsp3) is 0.455. The predicted molar refractivity (Wildman–Crippen MR) is 53.6 cm³/mol. The van der Waals surface area contributed by atoms with Gasteiger partial charge in [-0.3, -0.25) is 0 Å². The van der Waals surface area contributed by atoms with Crippen molar-refractivity contribution < 1.29 is 8.78 Å². The molecule has 0 spiro atoms. The monoisotopic (exact) mass is 199 g/mol. The van der Waals surface area contributed by atoms with Crippen molar-refractivity contribution in [3.05, 3.63) is 35.4 Å². The highest BCUT2D eigenvalue weighted by Gasteiger charge is 2.34. The Hall–Kier alpha value is -0.960. The lowest BCUT2D eigenvalue weighted by Gasteiger charge is -2.24. The molecule has 1 aromatic rings. The Morgan fingerprint density at radius 1 is 1.29 bits per heavy atom. The molecule has 1 atom stereocenters. The molecule has 0 aliphatic rings. The molecule has 0 fully saturated rings. The SMILES string of the molecule is CNC(c1ccccc1C)C(C)(F)F. The lowest BCUT2D eigenvalue weighted by Crippen LogP contribution is -2.33. The highest BCUT2D eigenvalue weighted by Crippen LogP contribution is 2.31. The number of hydrogen-bond acceptors (Lipinski definition) is 1. The average Bonchev–Trinajstić information content (AvgIpc) is 2.07. The second-order valence-corrected chi connectivity index (χ2v) is 3.53. The molecule has 78 valence electrons. The predicted octanol–water partition coefficient (Wildman–Crippen LogP) is 2.91. The molecule has 0 aliphatic heterocycles. The third-order valence-electron chi connectivity index (χ3n) is 2.30. The molecule has 0 saturated heterocycles. The molecular formula is C11H15F2N. The van der Waals surface area contributed by atoms with E-state index in [1.165, 1.54) is 0 Å². The summed E-state index contributed by atoms with van der Waals surface area (Å²) in [6.45, 7) is 2.77. The number of nitrogens with one attached hydrogen (secondary N) is 1.